The first-order valence-corrected chi connectivity index (χ1v) is 12.8. The van der Waals surface area contributed by atoms with Crippen molar-refractivity contribution in [2.45, 2.75) is 19.6 Å². The van der Waals surface area contributed by atoms with Gasteiger partial charge in [0.05, 0.1) is 24.2 Å². The van der Waals surface area contributed by atoms with Crippen LogP contribution in [0.25, 0.3) is 11.0 Å². The number of hydrogen-bond acceptors (Lipinski definition) is 6. The van der Waals surface area contributed by atoms with Crippen molar-refractivity contribution in [3.63, 3.8) is 0 Å². The van der Waals surface area contributed by atoms with Gasteiger partial charge in [0.25, 0.3) is 5.91 Å². The predicted octanol–water partition coefficient (Wildman–Crippen LogP) is 5.04. The zero-order valence-electron chi connectivity index (χ0n) is 22.4. The quantitative estimate of drug-likeness (QED) is 0.301. The number of carbonyl (C=O) groups excluding carboxylic acids is 2. The number of rotatable bonds is 6. The van der Waals surface area contributed by atoms with E-state index in [1.807, 2.05) is 4.90 Å². The van der Waals surface area contributed by atoms with Crippen molar-refractivity contribution in [2.24, 2.45) is 0 Å². The lowest BCUT2D eigenvalue weighted by atomic mass is 10.0. The molecule has 0 bridgehead atoms. The first-order chi connectivity index (χ1) is 19.6. The summed E-state index contributed by atoms with van der Waals surface area (Å²) < 4.78 is 47.0. The molecular weight excluding hydrogens is 539 g/mol. The Labute approximate surface area is 233 Å². The summed E-state index contributed by atoms with van der Waals surface area (Å²) in [6.07, 6.45) is -1.58. The number of benzene rings is 2. The molecule has 5 rings (SSSR count). The topological polar surface area (TPSA) is 115 Å². The highest BCUT2D eigenvalue weighted by atomic mass is 19.4. The van der Waals surface area contributed by atoms with Crippen LogP contribution in [0, 0.1) is 6.92 Å². The minimum Gasteiger partial charge on any atom is -0.379 e. The number of aromatic nitrogens is 3. The maximum Gasteiger partial charge on any atom is 0.416 e. The number of morpholine rings is 1. The van der Waals surface area contributed by atoms with Crippen molar-refractivity contribution in [3.8, 4) is 0 Å². The number of fused-ring (bicyclic) bond motifs is 1. The van der Waals surface area contributed by atoms with E-state index < -0.39 is 23.7 Å². The molecule has 1 aliphatic rings. The molecule has 4 aromatic rings. The van der Waals surface area contributed by atoms with Gasteiger partial charge in [-0.05, 0) is 48.4 Å². The van der Waals surface area contributed by atoms with Crippen LogP contribution in [-0.4, -0.2) is 65.1 Å². The van der Waals surface area contributed by atoms with E-state index in [1.165, 1.54) is 23.4 Å². The number of halogens is 3. The van der Waals surface area contributed by atoms with Gasteiger partial charge in [-0.15, -0.1) is 0 Å². The summed E-state index contributed by atoms with van der Waals surface area (Å²) in [6.45, 7) is 3.90. The van der Waals surface area contributed by atoms with Crippen LogP contribution in [-0.2, 0) is 17.5 Å². The van der Waals surface area contributed by atoms with Crippen molar-refractivity contribution < 1.29 is 27.5 Å². The molecule has 3 N–H and O–H groups in total. The molecule has 0 saturated carbocycles. The summed E-state index contributed by atoms with van der Waals surface area (Å²) in [7, 11) is 1.56. The molecule has 1 fully saturated rings. The van der Waals surface area contributed by atoms with Crippen LogP contribution < -0.4 is 15.5 Å². The Hall–Kier alpha value is -4.49. The molecule has 13 heteroatoms. The average molecular weight is 568 g/mol. The van der Waals surface area contributed by atoms with Crippen LogP contribution in [0.2, 0.25) is 0 Å². The fourth-order valence-electron chi connectivity index (χ4n) is 4.58. The molecule has 10 nitrogen and oxygen atoms in total. The molecule has 2 aromatic carbocycles. The van der Waals surface area contributed by atoms with Crippen LogP contribution >= 0.6 is 0 Å². The van der Waals surface area contributed by atoms with Gasteiger partial charge < -0.3 is 20.4 Å². The van der Waals surface area contributed by atoms with Crippen molar-refractivity contribution in [1.82, 2.24) is 19.9 Å². The maximum atomic E-state index is 13.9. The lowest BCUT2D eigenvalue weighted by molar-refractivity contribution is -0.138. The summed E-state index contributed by atoms with van der Waals surface area (Å²) in [5.74, 6) is -0.309. The number of aromatic amines is 1. The number of hydrogen-bond donors (Lipinski definition) is 3. The SMILES string of the molecule is Cc1ccc(NC(=O)c2ccc(CN3CCOCC3)c(C(F)(F)F)c2)cc1NC(=O)N(C)c1ncnc2[nH]ccc12. The lowest BCUT2D eigenvalue weighted by Gasteiger charge is -2.27. The van der Waals surface area contributed by atoms with E-state index >= 15 is 0 Å². The molecule has 0 unspecified atom stereocenters. The standard InChI is InChI=1S/C28H28F3N7O3/c1-17-3-6-20(14-23(17)36-27(40)37(2)25-21-7-8-32-24(21)33-16-34-25)35-26(39)18-4-5-19(22(13-18)28(29,30)31)15-38-9-11-41-12-10-38/h3-8,13-14,16H,9-12,15H2,1-2H3,(H,35,39)(H,36,40)(H,32,33,34). The third kappa shape index (κ3) is 6.31. The maximum absolute atomic E-state index is 13.9. The fourth-order valence-corrected chi connectivity index (χ4v) is 4.58. The predicted molar refractivity (Wildman–Crippen MR) is 148 cm³/mol. The van der Waals surface area contributed by atoms with E-state index in [0.29, 0.717) is 60.1 Å². The Morgan fingerprint density at radius 2 is 1.85 bits per heavy atom. The Morgan fingerprint density at radius 3 is 2.61 bits per heavy atom. The number of carbonyl (C=O) groups is 2. The van der Waals surface area contributed by atoms with Crippen LogP contribution in [0.1, 0.15) is 27.0 Å². The van der Waals surface area contributed by atoms with Gasteiger partial charge >= 0.3 is 12.2 Å². The highest BCUT2D eigenvalue weighted by Gasteiger charge is 2.34. The lowest BCUT2D eigenvalue weighted by Crippen LogP contribution is -2.36. The molecule has 0 atom stereocenters. The molecule has 1 aliphatic heterocycles. The van der Waals surface area contributed by atoms with E-state index in [-0.39, 0.29) is 17.7 Å². The van der Waals surface area contributed by atoms with Gasteiger partial charge in [-0.3, -0.25) is 14.6 Å². The van der Waals surface area contributed by atoms with Gasteiger partial charge in [0, 0.05) is 49.8 Å². The van der Waals surface area contributed by atoms with E-state index in [4.69, 9.17) is 4.74 Å². The number of aryl methyl sites for hydroxylation is 1. The zero-order chi connectivity index (χ0) is 29.1. The number of nitrogens with one attached hydrogen (secondary N) is 3. The van der Waals surface area contributed by atoms with Gasteiger partial charge in [0.2, 0.25) is 0 Å². The van der Waals surface area contributed by atoms with Gasteiger partial charge in [0.1, 0.15) is 17.8 Å². The molecule has 0 radical (unpaired) electrons. The Balaban J connectivity index is 1.31. The molecule has 41 heavy (non-hydrogen) atoms. The molecule has 0 aliphatic carbocycles. The smallest absolute Gasteiger partial charge is 0.379 e. The third-order valence-corrected chi connectivity index (χ3v) is 6.87. The second kappa shape index (κ2) is 11.6. The van der Waals surface area contributed by atoms with Gasteiger partial charge in [-0.2, -0.15) is 13.2 Å². The third-order valence-electron chi connectivity index (χ3n) is 6.87. The van der Waals surface area contributed by atoms with E-state index in [2.05, 4.69) is 25.6 Å². The fraction of sp³-hybridized carbons (Fsp3) is 0.286. The van der Waals surface area contributed by atoms with Crippen LogP contribution in [0.15, 0.2) is 55.0 Å². The van der Waals surface area contributed by atoms with Crippen molar-refractivity contribution in [2.75, 3.05) is 48.9 Å². The summed E-state index contributed by atoms with van der Waals surface area (Å²) in [5.41, 5.74) is 1.13. The Morgan fingerprint density at radius 1 is 1.07 bits per heavy atom. The number of alkyl halides is 3. The van der Waals surface area contributed by atoms with Gasteiger partial charge in [-0.1, -0.05) is 12.1 Å². The highest BCUT2D eigenvalue weighted by molar-refractivity contribution is 6.07. The number of amides is 3. The van der Waals surface area contributed by atoms with E-state index in [0.717, 1.165) is 6.07 Å². The van der Waals surface area contributed by atoms with Crippen LogP contribution in [0.3, 0.4) is 0 Å². The molecular formula is C28H28F3N7O3. The van der Waals surface area contributed by atoms with E-state index in [9.17, 15) is 22.8 Å². The monoisotopic (exact) mass is 567 g/mol. The molecule has 3 amide bonds. The minimum absolute atomic E-state index is 0.0982. The molecule has 3 heterocycles. The normalized spacial score (nSPS) is 14.2. The van der Waals surface area contributed by atoms with Crippen molar-refractivity contribution >= 4 is 40.2 Å². The second-order valence-electron chi connectivity index (χ2n) is 9.67. The second-order valence-corrected chi connectivity index (χ2v) is 9.67. The largest absolute Gasteiger partial charge is 0.416 e. The molecule has 2 aromatic heterocycles. The molecule has 1 saturated heterocycles. The van der Waals surface area contributed by atoms with Crippen molar-refractivity contribution in [1.29, 1.82) is 0 Å². The summed E-state index contributed by atoms with van der Waals surface area (Å²) in [5, 5.41) is 6.10. The van der Waals surface area contributed by atoms with Gasteiger partial charge in [0.15, 0.2) is 0 Å². The summed E-state index contributed by atoms with van der Waals surface area (Å²) in [4.78, 5) is 40.5. The van der Waals surface area contributed by atoms with Gasteiger partial charge in [-0.25, -0.2) is 14.8 Å². The number of urea groups is 1. The summed E-state index contributed by atoms with van der Waals surface area (Å²) in [6, 6.07) is 9.72. The number of H-pyrrole nitrogens is 1. The molecule has 0 spiro atoms. The number of nitrogens with zero attached hydrogens (tertiary/aromatic N) is 4. The average Bonchev–Trinajstić information content (AvgIpc) is 3.44. The highest BCUT2D eigenvalue weighted by Crippen LogP contribution is 2.34. The Kier molecular flexibility index (Phi) is 7.90. The zero-order valence-corrected chi connectivity index (χ0v) is 22.4. The van der Waals surface area contributed by atoms with Crippen LogP contribution in [0.5, 0.6) is 0 Å². The van der Waals surface area contributed by atoms with E-state index in [1.54, 1.807) is 44.4 Å². The summed E-state index contributed by atoms with van der Waals surface area (Å²) >= 11 is 0. The number of anilines is 3. The number of ether oxygens (including phenoxy) is 1. The first kappa shape index (κ1) is 28.1. The Bertz CT molecular complexity index is 1580. The first-order valence-electron chi connectivity index (χ1n) is 12.8. The minimum atomic E-state index is -4.62. The molecule has 214 valence electrons. The van der Waals surface area contributed by atoms with Crippen molar-refractivity contribution in [3.05, 3.63) is 77.2 Å². The van der Waals surface area contributed by atoms with Crippen LogP contribution in [0.4, 0.5) is 35.2 Å².